The Morgan fingerprint density at radius 2 is 1.14 bits per heavy atom. The average molecular weight is 373 g/mol. The first-order valence-corrected chi connectivity index (χ1v) is 9.67. The number of rotatable bonds is 3. The molecule has 1 aliphatic rings. The van der Waals surface area contributed by atoms with Crippen molar-refractivity contribution in [1.29, 1.82) is 0 Å². The third-order valence-corrected chi connectivity index (χ3v) is 5.90. The van der Waals surface area contributed by atoms with Gasteiger partial charge in [-0.2, -0.15) is 0 Å². The molecule has 0 fully saturated rings. The van der Waals surface area contributed by atoms with E-state index in [2.05, 4.69) is 102 Å². The van der Waals surface area contributed by atoms with E-state index in [-0.39, 0.29) is 0 Å². The van der Waals surface area contributed by atoms with E-state index in [1.807, 2.05) is 12.1 Å². The van der Waals surface area contributed by atoms with Gasteiger partial charge in [0.2, 0.25) is 0 Å². The molecule has 5 rings (SSSR count). The lowest BCUT2D eigenvalue weighted by molar-refractivity contribution is 0.768. The van der Waals surface area contributed by atoms with Crippen molar-refractivity contribution < 1.29 is 0 Å². The van der Waals surface area contributed by atoms with Crippen LogP contribution in [-0.4, -0.2) is 0 Å². The topological polar surface area (TPSA) is 48.8 Å². The van der Waals surface area contributed by atoms with Crippen molar-refractivity contribution in [2.75, 3.05) is 0 Å². The minimum Gasteiger partial charge on any atom is -0.0619 e. The molecule has 0 saturated heterocycles. The highest BCUT2D eigenvalue weighted by molar-refractivity contribution is 5.86. The number of aryl methyl sites for hydroxylation is 1. The fraction of sp³-hybridized carbons (Fsp3) is 0.0769. The molecule has 138 valence electrons. The molecule has 0 saturated carbocycles. The molecule has 0 aliphatic heterocycles. The first-order valence-electron chi connectivity index (χ1n) is 9.67. The van der Waals surface area contributed by atoms with E-state index in [0.29, 0.717) is 5.69 Å². The molecule has 29 heavy (non-hydrogen) atoms. The zero-order chi connectivity index (χ0) is 19.8. The Balaban J connectivity index is 1.89. The van der Waals surface area contributed by atoms with Gasteiger partial charge in [-0.3, -0.25) is 0 Å². The van der Waals surface area contributed by atoms with Gasteiger partial charge in [0.1, 0.15) is 0 Å². The summed E-state index contributed by atoms with van der Waals surface area (Å²) in [4.78, 5) is 2.92. The normalized spacial score (nSPS) is 13.3. The summed E-state index contributed by atoms with van der Waals surface area (Å²) in [6.45, 7) is 2.11. The summed E-state index contributed by atoms with van der Waals surface area (Å²) in [5.41, 5.74) is 17.7. The quantitative estimate of drug-likeness (QED) is 0.181. The summed E-state index contributed by atoms with van der Waals surface area (Å²) < 4.78 is 0. The third-order valence-electron chi connectivity index (χ3n) is 5.90. The highest BCUT2D eigenvalue weighted by Crippen LogP contribution is 2.55. The van der Waals surface area contributed by atoms with Gasteiger partial charge in [-0.05, 0) is 45.8 Å². The van der Waals surface area contributed by atoms with E-state index in [0.717, 1.165) is 5.56 Å². The predicted molar refractivity (Wildman–Crippen MR) is 117 cm³/mol. The summed E-state index contributed by atoms with van der Waals surface area (Å²) in [6.07, 6.45) is 0. The fourth-order valence-corrected chi connectivity index (χ4v) is 4.66. The summed E-state index contributed by atoms with van der Waals surface area (Å²) in [5, 5.41) is 3.75. The molecular formula is C26H19N3. The molecule has 4 aromatic rings. The first kappa shape index (κ1) is 17.3. The number of benzene rings is 4. The van der Waals surface area contributed by atoms with Crippen molar-refractivity contribution in [3.8, 4) is 11.1 Å². The standard InChI is InChI=1S/C26H19N3/c1-18-10-12-19(13-11-18)26(20-14-16-21(17-15-20)28-29-27)24-8-4-2-6-22(24)23-7-3-5-9-25(23)26/h2-17H,1H3. The maximum Gasteiger partial charge on any atom is 0.0713 e. The van der Waals surface area contributed by atoms with Crippen LogP contribution in [0.1, 0.15) is 27.8 Å². The lowest BCUT2D eigenvalue weighted by atomic mass is 9.67. The van der Waals surface area contributed by atoms with Crippen LogP contribution in [0.4, 0.5) is 5.69 Å². The van der Waals surface area contributed by atoms with Crippen LogP contribution in [0.5, 0.6) is 0 Å². The molecule has 3 heteroatoms. The molecule has 3 nitrogen and oxygen atoms in total. The van der Waals surface area contributed by atoms with Gasteiger partial charge in [0.25, 0.3) is 0 Å². The van der Waals surface area contributed by atoms with E-state index in [1.165, 1.54) is 33.4 Å². The average Bonchev–Trinajstić information content (AvgIpc) is 3.07. The number of azide groups is 1. The minimum atomic E-state index is -0.407. The third kappa shape index (κ3) is 2.49. The van der Waals surface area contributed by atoms with Gasteiger partial charge in [-0.15, -0.1) is 0 Å². The molecule has 0 amide bonds. The number of hydrogen-bond donors (Lipinski definition) is 0. The largest absolute Gasteiger partial charge is 0.0713 e. The van der Waals surface area contributed by atoms with E-state index in [4.69, 9.17) is 5.53 Å². The Hall–Kier alpha value is -3.81. The molecule has 0 heterocycles. The minimum absolute atomic E-state index is 0.407. The predicted octanol–water partition coefficient (Wildman–Crippen LogP) is 7.30. The van der Waals surface area contributed by atoms with Crippen LogP contribution in [0, 0.1) is 6.92 Å². The monoisotopic (exact) mass is 373 g/mol. The van der Waals surface area contributed by atoms with Crippen LogP contribution in [0.25, 0.3) is 21.6 Å². The zero-order valence-electron chi connectivity index (χ0n) is 16.1. The van der Waals surface area contributed by atoms with E-state index >= 15 is 0 Å². The van der Waals surface area contributed by atoms with Gasteiger partial charge < -0.3 is 0 Å². The van der Waals surface area contributed by atoms with Crippen molar-refractivity contribution in [3.63, 3.8) is 0 Å². The Bertz CT molecular complexity index is 1200. The second kappa shape index (κ2) is 6.66. The Labute approximate surface area is 169 Å². The van der Waals surface area contributed by atoms with Crippen LogP contribution in [-0.2, 0) is 5.41 Å². The highest BCUT2D eigenvalue weighted by atomic mass is 15.1. The smallest absolute Gasteiger partial charge is 0.0619 e. The molecule has 1 aliphatic carbocycles. The lowest BCUT2D eigenvalue weighted by Gasteiger charge is -2.34. The Morgan fingerprint density at radius 1 is 0.655 bits per heavy atom. The number of nitrogens with zero attached hydrogens (tertiary/aromatic N) is 3. The van der Waals surface area contributed by atoms with Crippen LogP contribution in [0.2, 0.25) is 0 Å². The van der Waals surface area contributed by atoms with Crippen LogP contribution in [0.15, 0.2) is 102 Å². The van der Waals surface area contributed by atoms with Crippen molar-refractivity contribution in [2.24, 2.45) is 5.11 Å². The summed E-state index contributed by atoms with van der Waals surface area (Å²) in [6, 6.07) is 34.1. The molecule has 4 aromatic carbocycles. The van der Waals surface area contributed by atoms with Crippen molar-refractivity contribution in [1.82, 2.24) is 0 Å². The fourth-order valence-electron chi connectivity index (χ4n) is 4.66. The van der Waals surface area contributed by atoms with E-state index < -0.39 is 5.41 Å². The van der Waals surface area contributed by atoms with E-state index in [1.54, 1.807) is 0 Å². The second-order valence-corrected chi connectivity index (χ2v) is 7.44. The molecule has 0 bridgehead atoms. The van der Waals surface area contributed by atoms with Gasteiger partial charge >= 0.3 is 0 Å². The van der Waals surface area contributed by atoms with Crippen molar-refractivity contribution >= 4 is 5.69 Å². The van der Waals surface area contributed by atoms with E-state index in [9.17, 15) is 0 Å². The van der Waals surface area contributed by atoms with Gasteiger partial charge in [0.05, 0.1) is 5.41 Å². The first-order chi connectivity index (χ1) is 14.2. The van der Waals surface area contributed by atoms with Gasteiger partial charge in [-0.1, -0.05) is 108 Å². The SMILES string of the molecule is Cc1ccc(C2(c3ccc(N=[N+]=[N-])cc3)c3ccccc3-c3ccccc32)cc1. The molecule has 0 spiro atoms. The summed E-state index contributed by atoms with van der Waals surface area (Å²) in [7, 11) is 0. The molecule has 0 unspecified atom stereocenters. The summed E-state index contributed by atoms with van der Waals surface area (Å²) in [5.74, 6) is 0. The summed E-state index contributed by atoms with van der Waals surface area (Å²) >= 11 is 0. The maximum absolute atomic E-state index is 8.77. The van der Waals surface area contributed by atoms with Crippen molar-refractivity contribution in [3.05, 3.63) is 135 Å². The molecule has 0 aromatic heterocycles. The molecule has 0 radical (unpaired) electrons. The maximum atomic E-state index is 8.77. The van der Waals surface area contributed by atoms with Crippen LogP contribution >= 0.6 is 0 Å². The molecule has 0 atom stereocenters. The van der Waals surface area contributed by atoms with Crippen molar-refractivity contribution in [2.45, 2.75) is 12.3 Å². The number of fused-ring (bicyclic) bond motifs is 3. The van der Waals surface area contributed by atoms with Gasteiger partial charge in [0.15, 0.2) is 0 Å². The Kier molecular flexibility index (Phi) is 3.97. The lowest BCUT2D eigenvalue weighted by Crippen LogP contribution is -2.28. The molecule has 0 N–H and O–H groups in total. The second-order valence-electron chi connectivity index (χ2n) is 7.44. The zero-order valence-corrected chi connectivity index (χ0v) is 16.1. The molecular weight excluding hydrogens is 354 g/mol. The number of hydrogen-bond acceptors (Lipinski definition) is 1. The van der Waals surface area contributed by atoms with Gasteiger partial charge in [-0.25, -0.2) is 0 Å². The van der Waals surface area contributed by atoms with Gasteiger partial charge in [0, 0.05) is 10.6 Å². The Morgan fingerprint density at radius 3 is 1.66 bits per heavy atom. The van der Waals surface area contributed by atoms with Crippen LogP contribution < -0.4 is 0 Å². The highest BCUT2D eigenvalue weighted by Gasteiger charge is 2.45. The van der Waals surface area contributed by atoms with Crippen LogP contribution in [0.3, 0.4) is 0 Å².